The molecule has 1 aliphatic rings. The van der Waals surface area contributed by atoms with Crippen LogP contribution in [-0.2, 0) is 11.3 Å². The zero-order valence-corrected chi connectivity index (χ0v) is 12.2. The minimum absolute atomic E-state index is 0.0557. The van der Waals surface area contributed by atoms with Gasteiger partial charge in [-0.25, -0.2) is 0 Å². The van der Waals surface area contributed by atoms with Crippen LogP contribution in [0.5, 0.6) is 5.75 Å². The van der Waals surface area contributed by atoms with Gasteiger partial charge in [-0.15, -0.1) is 0 Å². The Balaban J connectivity index is 2.18. The van der Waals surface area contributed by atoms with E-state index in [-0.39, 0.29) is 11.9 Å². The molecule has 1 fully saturated rings. The van der Waals surface area contributed by atoms with Crippen molar-refractivity contribution in [1.82, 2.24) is 10.2 Å². The number of likely N-dealkylation sites (tertiary alicyclic amines) is 1. The highest BCUT2D eigenvalue weighted by atomic mass is 16.5. The number of ether oxygens (including phenoxy) is 1. The Kier molecular flexibility index (Phi) is 4.84. The van der Waals surface area contributed by atoms with Crippen LogP contribution in [-0.4, -0.2) is 37.6 Å². The van der Waals surface area contributed by atoms with Gasteiger partial charge in [-0.2, -0.15) is 0 Å². The van der Waals surface area contributed by atoms with Crippen molar-refractivity contribution in [3.05, 3.63) is 23.8 Å². The number of amides is 1. The van der Waals surface area contributed by atoms with Gasteiger partial charge >= 0.3 is 0 Å². The lowest BCUT2D eigenvalue weighted by molar-refractivity contribution is -0.127. The van der Waals surface area contributed by atoms with Crippen molar-refractivity contribution >= 4 is 11.6 Å². The fraction of sp³-hybridized carbons (Fsp3) is 0.533. The van der Waals surface area contributed by atoms with Crippen molar-refractivity contribution in [3.63, 3.8) is 0 Å². The summed E-state index contributed by atoms with van der Waals surface area (Å²) in [4.78, 5) is 14.2. The Morgan fingerprint density at radius 3 is 3.00 bits per heavy atom. The van der Waals surface area contributed by atoms with E-state index >= 15 is 0 Å². The van der Waals surface area contributed by atoms with Gasteiger partial charge in [0.2, 0.25) is 5.91 Å². The number of piperidine rings is 1. The number of anilines is 1. The molecule has 1 aromatic carbocycles. The van der Waals surface area contributed by atoms with Gasteiger partial charge < -0.3 is 15.8 Å². The fourth-order valence-corrected chi connectivity index (χ4v) is 2.78. The number of nitrogen functional groups attached to an aromatic ring is 1. The summed E-state index contributed by atoms with van der Waals surface area (Å²) in [5.41, 5.74) is 7.60. The second-order valence-electron chi connectivity index (χ2n) is 5.17. The van der Waals surface area contributed by atoms with Crippen molar-refractivity contribution in [2.45, 2.75) is 31.8 Å². The van der Waals surface area contributed by atoms with Crippen molar-refractivity contribution in [3.8, 4) is 5.75 Å². The lowest BCUT2D eigenvalue weighted by Crippen LogP contribution is -2.48. The van der Waals surface area contributed by atoms with Crippen LogP contribution < -0.4 is 15.8 Å². The number of rotatable bonds is 4. The summed E-state index contributed by atoms with van der Waals surface area (Å²) in [5, 5.41) is 2.75. The van der Waals surface area contributed by atoms with Crippen molar-refractivity contribution in [2.24, 2.45) is 0 Å². The van der Waals surface area contributed by atoms with Gasteiger partial charge in [0.15, 0.2) is 0 Å². The van der Waals surface area contributed by atoms with Crippen LogP contribution in [0.1, 0.15) is 24.8 Å². The first-order valence-corrected chi connectivity index (χ1v) is 7.03. The van der Waals surface area contributed by atoms with Gasteiger partial charge in [-0.1, -0.05) is 6.42 Å². The molecule has 1 atom stereocenters. The molecule has 0 spiro atoms. The number of nitrogens with two attached hydrogens (primary N) is 1. The third kappa shape index (κ3) is 3.22. The largest absolute Gasteiger partial charge is 0.496 e. The molecule has 1 saturated heterocycles. The Labute approximate surface area is 120 Å². The lowest BCUT2D eigenvalue weighted by Gasteiger charge is -2.34. The average Bonchev–Trinajstić information content (AvgIpc) is 2.47. The Morgan fingerprint density at radius 2 is 2.30 bits per heavy atom. The molecule has 20 heavy (non-hydrogen) atoms. The first-order valence-electron chi connectivity index (χ1n) is 7.03. The van der Waals surface area contributed by atoms with E-state index in [1.165, 1.54) is 0 Å². The van der Waals surface area contributed by atoms with E-state index in [0.717, 1.165) is 37.1 Å². The second-order valence-corrected chi connectivity index (χ2v) is 5.17. The zero-order chi connectivity index (χ0) is 14.5. The maximum Gasteiger partial charge on any atom is 0.237 e. The van der Waals surface area contributed by atoms with Crippen LogP contribution in [0.25, 0.3) is 0 Å². The van der Waals surface area contributed by atoms with E-state index in [1.807, 2.05) is 18.2 Å². The van der Waals surface area contributed by atoms with E-state index < -0.39 is 0 Å². The molecular weight excluding hydrogens is 254 g/mol. The number of benzene rings is 1. The summed E-state index contributed by atoms with van der Waals surface area (Å²) in [6.45, 7) is 1.61. The predicted molar refractivity (Wildman–Crippen MR) is 79.5 cm³/mol. The molecule has 3 N–H and O–H groups in total. The minimum Gasteiger partial charge on any atom is -0.496 e. The number of nitrogens with zero attached hydrogens (tertiary/aromatic N) is 1. The zero-order valence-electron chi connectivity index (χ0n) is 12.2. The molecule has 110 valence electrons. The smallest absolute Gasteiger partial charge is 0.237 e. The van der Waals surface area contributed by atoms with Gasteiger partial charge in [0.1, 0.15) is 5.75 Å². The van der Waals surface area contributed by atoms with E-state index in [4.69, 9.17) is 10.5 Å². The van der Waals surface area contributed by atoms with Crippen LogP contribution in [0.15, 0.2) is 18.2 Å². The van der Waals surface area contributed by atoms with Crippen LogP contribution in [0, 0.1) is 0 Å². The van der Waals surface area contributed by atoms with Gasteiger partial charge in [0.25, 0.3) is 0 Å². The van der Waals surface area contributed by atoms with E-state index in [9.17, 15) is 4.79 Å². The summed E-state index contributed by atoms with van der Waals surface area (Å²) < 4.78 is 5.38. The van der Waals surface area contributed by atoms with Crippen LogP contribution >= 0.6 is 0 Å². The van der Waals surface area contributed by atoms with E-state index in [1.54, 1.807) is 14.2 Å². The first-order chi connectivity index (χ1) is 9.65. The van der Waals surface area contributed by atoms with Crippen LogP contribution in [0.4, 0.5) is 5.69 Å². The summed E-state index contributed by atoms with van der Waals surface area (Å²) in [6.07, 6.45) is 3.13. The maximum atomic E-state index is 12.0. The Morgan fingerprint density at radius 1 is 1.50 bits per heavy atom. The lowest BCUT2D eigenvalue weighted by atomic mass is 10.00. The predicted octanol–water partition coefficient (Wildman–Crippen LogP) is 1.38. The molecule has 0 saturated carbocycles. The van der Waals surface area contributed by atoms with Crippen LogP contribution in [0.2, 0.25) is 0 Å². The molecule has 1 aliphatic heterocycles. The molecule has 0 aliphatic carbocycles. The number of likely N-dealkylation sites (N-methyl/N-ethyl adjacent to an activating group) is 1. The third-order valence-corrected chi connectivity index (χ3v) is 3.84. The van der Waals surface area contributed by atoms with Crippen molar-refractivity contribution in [2.75, 3.05) is 26.4 Å². The summed E-state index contributed by atoms with van der Waals surface area (Å²) in [7, 11) is 3.34. The molecule has 1 heterocycles. The van der Waals surface area contributed by atoms with Crippen LogP contribution in [0.3, 0.4) is 0 Å². The van der Waals surface area contributed by atoms with Gasteiger partial charge in [0, 0.05) is 24.8 Å². The highest BCUT2D eigenvalue weighted by Gasteiger charge is 2.28. The normalized spacial score (nSPS) is 19.6. The van der Waals surface area contributed by atoms with Crippen molar-refractivity contribution in [1.29, 1.82) is 0 Å². The topological polar surface area (TPSA) is 67.6 Å². The summed E-state index contributed by atoms with van der Waals surface area (Å²) in [6, 6.07) is 5.58. The Bertz CT molecular complexity index is 476. The second kappa shape index (κ2) is 6.61. The molecule has 1 aromatic rings. The van der Waals surface area contributed by atoms with E-state index in [0.29, 0.717) is 12.2 Å². The number of methoxy groups -OCH3 is 1. The number of carbonyl (C=O) groups excluding carboxylic acids is 1. The molecule has 5 heteroatoms. The molecule has 1 amide bonds. The quantitative estimate of drug-likeness (QED) is 0.816. The minimum atomic E-state index is -0.0557. The van der Waals surface area contributed by atoms with Crippen molar-refractivity contribution < 1.29 is 9.53 Å². The average molecular weight is 277 g/mol. The summed E-state index contributed by atoms with van der Waals surface area (Å²) >= 11 is 0. The monoisotopic (exact) mass is 277 g/mol. The maximum absolute atomic E-state index is 12.0. The molecule has 0 aromatic heterocycles. The SMILES string of the molecule is CNC(=O)C1CCCCN1Cc1cc(N)ccc1OC. The molecule has 0 bridgehead atoms. The molecule has 5 nitrogen and oxygen atoms in total. The van der Waals surface area contributed by atoms with Gasteiger partial charge in [-0.3, -0.25) is 9.69 Å². The number of nitrogens with one attached hydrogen (secondary N) is 1. The van der Waals surface area contributed by atoms with E-state index in [2.05, 4.69) is 10.2 Å². The third-order valence-electron chi connectivity index (χ3n) is 3.84. The molecule has 1 unspecified atom stereocenters. The first kappa shape index (κ1) is 14.7. The fourth-order valence-electron chi connectivity index (χ4n) is 2.78. The standard InChI is InChI=1S/C15H23N3O2/c1-17-15(19)13-5-3-4-8-18(13)10-11-9-12(16)6-7-14(11)20-2/h6-7,9,13H,3-5,8,10,16H2,1-2H3,(H,17,19). The van der Waals surface area contributed by atoms with Gasteiger partial charge in [-0.05, 0) is 37.6 Å². The molecule has 0 radical (unpaired) electrons. The molecule has 2 rings (SSSR count). The highest BCUT2D eigenvalue weighted by Crippen LogP contribution is 2.26. The van der Waals surface area contributed by atoms with Gasteiger partial charge in [0.05, 0.1) is 13.2 Å². The summed E-state index contributed by atoms with van der Waals surface area (Å²) in [5.74, 6) is 0.910. The highest BCUT2D eigenvalue weighted by molar-refractivity contribution is 5.81. The molecular formula is C15H23N3O2. The Hall–Kier alpha value is -1.75. The number of hydrogen-bond donors (Lipinski definition) is 2. The number of hydrogen-bond acceptors (Lipinski definition) is 4. The number of carbonyl (C=O) groups is 1.